The SMILES string of the molecule is COc1ccc(C=CC(=O)Nc2ccccc2-c2nc3cc(Cl)ccc3o2)cc1OC. The van der Waals surface area contributed by atoms with Gasteiger partial charge in [-0.1, -0.05) is 29.8 Å². The first-order valence-electron chi connectivity index (χ1n) is 9.44. The number of benzene rings is 3. The molecule has 0 bridgehead atoms. The summed E-state index contributed by atoms with van der Waals surface area (Å²) in [4.78, 5) is 17.0. The molecular weight excluding hydrogens is 416 g/mol. The summed E-state index contributed by atoms with van der Waals surface area (Å²) in [6.07, 6.45) is 3.14. The van der Waals surface area contributed by atoms with E-state index in [2.05, 4.69) is 10.3 Å². The number of ether oxygens (including phenoxy) is 2. The van der Waals surface area contributed by atoms with Crippen molar-refractivity contribution in [1.29, 1.82) is 0 Å². The quantitative estimate of drug-likeness (QED) is 0.387. The number of fused-ring (bicyclic) bond motifs is 1. The van der Waals surface area contributed by atoms with E-state index >= 15 is 0 Å². The molecule has 3 aromatic carbocycles. The van der Waals surface area contributed by atoms with Crippen molar-refractivity contribution in [2.45, 2.75) is 0 Å². The van der Waals surface area contributed by atoms with Gasteiger partial charge in [0.1, 0.15) is 5.52 Å². The molecule has 0 saturated heterocycles. The van der Waals surface area contributed by atoms with Crippen molar-refractivity contribution in [3.63, 3.8) is 0 Å². The zero-order valence-corrected chi connectivity index (χ0v) is 17.6. The topological polar surface area (TPSA) is 73.6 Å². The molecule has 0 aliphatic carbocycles. The van der Waals surface area contributed by atoms with Gasteiger partial charge in [-0.25, -0.2) is 4.98 Å². The van der Waals surface area contributed by atoms with Crippen LogP contribution >= 0.6 is 11.6 Å². The molecule has 1 aromatic heterocycles. The van der Waals surface area contributed by atoms with Gasteiger partial charge in [0.15, 0.2) is 17.1 Å². The van der Waals surface area contributed by atoms with Crippen LogP contribution in [0, 0.1) is 0 Å². The highest BCUT2D eigenvalue weighted by Crippen LogP contribution is 2.31. The van der Waals surface area contributed by atoms with Crippen molar-refractivity contribution in [2.24, 2.45) is 0 Å². The molecule has 156 valence electrons. The number of amides is 1. The summed E-state index contributed by atoms with van der Waals surface area (Å²) in [5, 5.41) is 3.46. The van der Waals surface area contributed by atoms with Crippen molar-refractivity contribution < 1.29 is 18.7 Å². The number of hydrogen-bond donors (Lipinski definition) is 1. The molecule has 0 saturated carbocycles. The Morgan fingerprint density at radius 2 is 1.84 bits per heavy atom. The summed E-state index contributed by atoms with van der Waals surface area (Å²) >= 11 is 6.03. The summed E-state index contributed by atoms with van der Waals surface area (Å²) in [7, 11) is 3.14. The number of hydrogen-bond acceptors (Lipinski definition) is 5. The van der Waals surface area contributed by atoms with E-state index < -0.39 is 0 Å². The maximum absolute atomic E-state index is 12.5. The first-order chi connectivity index (χ1) is 15.1. The third-order valence-corrected chi connectivity index (χ3v) is 4.83. The minimum absolute atomic E-state index is 0.290. The number of anilines is 1. The number of methoxy groups -OCH3 is 2. The number of para-hydroxylation sites is 1. The fourth-order valence-corrected chi connectivity index (χ4v) is 3.26. The van der Waals surface area contributed by atoms with Gasteiger partial charge in [-0.3, -0.25) is 4.79 Å². The van der Waals surface area contributed by atoms with Gasteiger partial charge in [-0.15, -0.1) is 0 Å². The van der Waals surface area contributed by atoms with E-state index in [0.29, 0.717) is 44.8 Å². The number of nitrogens with one attached hydrogen (secondary N) is 1. The average Bonchev–Trinajstić information content (AvgIpc) is 3.20. The average molecular weight is 435 g/mol. The van der Waals surface area contributed by atoms with Crippen LogP contribution in [0.1, 0.15) is 5.56 Å². The number of oxazole rings is 1. The number of carbonyl (C=O) groups excluding carboxylic acids is 1. The predicted molar refractivity (Wildman–Crippen MR) is 122 cm³/mol. The minimum Gasteiger partial charge on any atom is -0.493 e. The number of aromatic nitrogens is 1. The molecule has 4 aromatic rings. The third-order valence-electron chi connectivity index (χ3n) is 4.60. The maximum Gasteiger partial charge on any atom is 0.248 e. The van der Waals surface area contributed by atoms with E-state index in [-0.39, 0.29) is 5.91 Å². The first-order valence-corrected chi connectivity index (χ1v) is 9.82. The molecular formula is C24H19ClN2O4. The minimum atomic E-state index is -0.290. The monoisotopic (exact) mass is 434 g/mol. The number of halogens is 1. The fourth-order valence-electron chi connectivity index (χ4n) is 3.10. The molecule has 0 aliphatic heterocycles. The van der Waals surface area contributed by atoms with Gasteiger partial charge in [-0.05, 0) is 54.1 Å². The molecule has 1 amide bonds. The van der Waals surface area contributed by atoms with Crippen LogP contribution in [0.4, 0.5) is 5.69 Å². The van der Waals surface area contributed by atoms with Gasteiger partial charge in [0.2, 0.25) is 11.8 Å². The lowest BCUT2D eigenvalue weighted by Gasteiger charge is -2.08. The van der Waals surface area contributed by atoms with E-state index in [1.807, 2.05) is 24.3 Å². The molecule has 0 atom stereocenters. The van der Waals surface area contributed by atoms with Crippen LogP contribution in [-0.4, -0.2) is 25.1 Å². The Balaban J connectivity index is 1.56. The first kappa shape index (κ1) is 20.5. The molecule has 7 heteroatoms. The second kappa shape index (κ2) is 8.93. The molecule has 0 radical (unpaired) electrons. The smallest absolute Gasteiger partial charge is 0.248 e. The van der Waals surface area contributed by atoms with Crippen LogP contribution in [0.3, 0.4) is 0 Å². The van der Waals surface area contributed by atoms with Crippen molar-refractivity contribution in [3.05, 3.63) is 77.3 Å². The zero-order valence-electron chi connectivity index (χ0n) is 16.9. The molecule has 4 rings (SSSR count). The maximum atomic E-state index is 12.5. The molecule has 0 fully saturated rings. The standard InChI is InChI=1S/C24H19ClN2O4/c1-29-21-10-7-15(13-22(21)30-2)8-12-23(28)26-18-6-4-3-5-17(18)24-27-19-14-16(25)9-11-20(19)31-24/h3-14H,1-2H3,(H,26,28). The van der Waals surface area contributed by atoms with Gasteiger partial charge in [0.25, 0.3) is 0 Å². The summed E-state index contributed by atoms with van der Waals surface area (Å²) in [5.41, 5.74) is 3.33. The van der Waals surface area contributed by atoms with Crippen LogP contribution in [0.5, 0.6) is 11.5 Å². The zero-order chi connectivity index (χ0) is 21.8. The highest BCUT2D eigenvalue weighted by molar-refractivity contribution is 6.31. The molecule has 0 unspecified atom stereocenters. The van der Waals surface area contributed by atoms with Crippen LogP contribution < -0.4 is 14.8 Å². The van der Waals surface area contributed by atoms with E-state index in [0.717, 1.165) is 5.56 Å². The lowest BCUT2D eigenvalue weighted by atomic mass is 10.1. The van der Waals surface area contributed by atoms with Gasteiger partial charge in [0, 0.05) is 11.1 Å². The Morgan fingerprint density at radius 1 is 1.03 bits per heavy atom. The molecule has 31 heavy (non-hydrogen) atoms. The molecule has 0 spiro atoms. The van der Waals surface area contributed by atoms with Crippen LogP contribution in [-0.2, 0) is 4.79 Å². The Hall–Kier alpha value is -3.77. The number of carbonyl (C=O) groups is 1. The molecule has 0 aliphatic rings. The van der Waals surface area contributed by atoms with Crippen LogP contribution in [0.25, 0.3) is 28.6 Å². The predicted octanol–water partition coefficient (Wildman–Crippen LogP) is 5.82. The molecule has 1 N–H and O–H groups in total. The number of rotatable bonds is 6. The molecule has 1 heterocycles. The molecule has 6 nitrogen and oxygen atoms in total. The van der Waals surface area contributed by atoms with Gasteiger partial charge in [-0.2, -0.15) is 0 Å². The Labute approximate surface area is 184 Å². The Morgan fingerprint density at radius 3 is 2.65 bits per heavy atom. The lowest BCUT2D eigenvalue weighted by Crippen LogP contribution is -2.08. The van der Waals surface area contributed by atoms with Crippen molar-refractivity contribution >= 4 is 40.4 Å². The van der Waals surface area contributed by atoms with E-state index in [1.165, 1.54) is 6.08 Å². The van der Waals surface area contributed by atoms with Crippen molar-refractivity contribution in [3.8, 4) is 23.0 Å². The summed E-state index contributed by atoms with van der Waals surface area (Å²) < 4.78 is 16.4. The Bertz CT molecular complexity index is 1280. The lowest BCUT2D eigenvalue weighted by molar-refractivity contribution is -0.111. The van der Waals surface area contributed by atoms with Crippen molar-refractivity contribution in [2.75, 3.05) is 19.5 Å². The van der Waals surface area contributed by atoms with Gasteiger partial charge >= 0.3 is 0 Å². The van der Waals surface area contributed by atoms with Gasteiger partial charge in [0.05, 0.1) is 25.5 Å². The fraction of sp³-hybridized carbons (Fsp3) is 0.0833. The second-order valence-electron chi connectivity index (χ2n) is 6.61. The second-order valence-corrected chi connectivity index (χ2v) is 7.05. The third kappa shape index (κ3) is 4.54. The summed E-state index contributed by atoms with van der Waals surface area (Å²) in [6, 6.07) is 18.0. The van der Waals surface area contributed by atoms with Crippen LogP contribution in [0.15, 0.2) is 71.2 Å². The largest absolute Gasteiger partial charge is 0.493 e. The van der Waals surface area contributed by atoms with E-state index in [1.54, 1.807) is 56.7 Å². The highest BCUT2D eigenvalue weighted by atomic mass is 35.5. The highest BCUT2D eigenvalue weighted by Gasteiger charge is 2.13. The van der Waals surface area contributed by atoms with E-state index in [4.69, 9.17) is 25.5 Å². The summed E-state index contributed by atoms with van der Waals surface area (Å²) in [6.45, 7) is 0. The van der Waals surface area contributed by atoms with Gasteiger partial charge < -0.3 is 19.2 Å². The van der Waals surface area contributed by atoms with Crippen LogP contribution in [0.2, 0.25) is 5.02 Å². The van der Waals surface area contributed by atoms with E-state index in [9.17, 15) is 4.79 Å². The Kier molecular flexibility index (Phi) is 5.91. The summed E-state index contributed by atoms with van der Waals surface area (Å²) in [5.74, 6) is 1.32. The normalized spacial score (nSPS) is 11.1. The van der Waals surface area contributed by atoms with Crippen molar-refractivity contribution in [1.82, 2.24) is 4.98 Å². The number of nitrogens with zero attached hydrogens (tertiary/aromatic N) is 1.